The van der Waals surface area contributed by atoms with E-state index in [1.54, 1.807) is 26.8 Å². The summed E-state index contributed by atoms with van der Waals surface area (Å²) in [7, 11) is 0. The quantitative estimate of drug-likeness (QED) is 0.771. The van der Waals surface area contributed by atoms with Crippen molar-refractivity contribution >= 4 is 34.1 Å². The van der Waals surface area contributed by atoms with E-state index < -0.39 is 0 Å². The number of amides is 2. The van der Waals surface area contributed by atoms with Gasteiger partial charge in [-0.1, -0.05) is 6.07 Å². The van der Waals surface area contributed by atoms with E-state index in [9.17, 15) is 4.79 Å². The number of urea groups is 1. The number of hydrogen-bond acceptors (Lipinski definition) is 6. The predicted molar refractivity (Wildman–Crippen MR) is 87.9 cm³/mol. The number of carbonyl (C=O) groups excluding carboxylic acids is 1. The second-order valence-electron chi connectivity index (χ2n) is 5.17. The molecular weight excluding hydrogens is 314 g/mol. The average molecular weight is 329 g/mol. The highest BCUT2D eigenvalue weighted by Gasteiger charge is 2.23. The van der Waals surface area contributed by atoms with Crippen molar-refractivity contribution in [2.24, 2.45) is 0 Å². The number of nitrogens with one attached hydrogen (secondary N) is 1. The molecule has 4 rings (SSSR count). The van der Waals surface area contributed by atoms with Crippen LogP contribution in [-0.4, -0.2) is 56.7 Å². The van der Waals surface area contributed by atoms with E-state index in [4.69, 9.17) is 0 Å². The first-order chi connectivity index (χ1) is 11.3. The fourth-order valence-corrected chi connectivity index (χ4v) is 3.27. The molecule has 0 radical (unpaired) electrons. The lowest BCUT2D eigenvalue weighted by Gasteiger charge is -2.34. The van der Waals surface area contributed by atoms with E-state index in [1.165, 1.54) is 0 Å². The fraction of sp³-hybridized carbons (Fsp3) is 0.286. The molecule has 0 bridgehead atoms. The molecule has 0 aliphatic carbocycles. The molecular formula is C14H15N7OS. The van der Waals surface area contributed by atoms with Gasteiger partial charge in [-0.2, -0.15) is 0 Å². The molecule has 3 aromatic heterocycles. The molecule has 1 N–H and O–H groups in total. The predicted octanol–water partition coefficient (Wildman–Crippen LogP) is 1.54. The first-order valence-corrected chi connectivity index (χ1v) is 8.19. The van der Waals surface area contributed by atoms with E-state index in [2.05, 4.69) is 25.4 Å². The number of rotatable bonds is 2. The molecule has 0 atom stereocenters. The van der Waals surface area contributed by atoms with Crippen molar-refractivity contribution < 1.29 is 4.79 Å². The van der Waals surface area contributed by atoms with Crippen LogP contribution in [0.4, 0.5) is 15.9 Å². The molecule has 3 aromatic rings. The monoisotopic (exact) mass is 329 g/mol. The van der Waals surface area contributed by atoms with Gasteiger partial charge in [0.1, 0.15) is 0 Å². The Labute approximate surface area is 136 Å². The Morgan fingerprint density at radius 1 is 1.17 bits per heavy atom. The number of anilines is 2. The van der Waals surface area contributed by atoms with Crippen molar-refractivity contribution in [1.29, 1.82) is 0 Å². The van der Waals surface area contributed by atoms with Crippen molar-refractivity contribution in [2.45, 2.75) is 0 Å². The number of hydrogen-bond donors (Lipinski definition) is 1. The van der Waals surface area contributed by atoms with E-state index >= 15 is 0 Å². The SMILES string of the molecule is O=C(Nc1nnc2ccccn12)N1CCN(c2nccs2)CC1. The van der Waals surface area contributed by atoms with Crippen LogP contribution in [0.3, 0.4) is 0 Å². The van der Waals surface area contributed by atoms with Crippen LogP contribution in [0.5, 0.6) is 0 Å². The summed E-state index contributed by atoms with van der Waals surface area (Å²) in [4.78, 5) is 20.7. The van der Waals surface area contributed by atoms with E-state index in [0.29, 0.717) is 24.7 Å². The van der Waals surface area contributed by atoms with Crippen molar-refractivity contribution in [1.82, 2.24) is 24.5 Å². The van der Waals surface area contributed by atoms with Gasteiger partial charge in [-0.25, -0.2) is 9.78 Å². The molecule has 2 amide bonds. The van der Waals surface area contributed by atoms with Gasteiger partial charge in [0.05, 0.1) is 0 Å². The van der Waals surface area contributed by atoms with Gasteiger partial charge in [-0.15, -0.1) is 21.5 Å². The highest BCUT2D eigenvalue weighted by atomic mass is 32.1. The number of fused-ring (bicyclic) bond motifs is 1. The molecule has 1 fully saturated rings. The van der Waals surface area contributed by atoms with Gasteiger partial charge in [0.15, 0.2) is 10.8 Å². The van der Waals surface area contributed by atoms with E-state index in [0.717, 1.165) is 18.2 Å². The lowest BCUT2D eigenvalue weighted by Crippen LogP contribution is -2.50. The van der Waals surface area contributed by atoms with Crippen molar-refractivity contribution in [3.63, 3.8) is 0 Å². The molecule has 4 heterocycles. The third-order valence-electron chi connectivity index (χ3n) is 3.79. The third-order valence-corrected chi connectivity index (χ3v) is 4.62. The largest absolute Gasteiger partial charge is 0.345 e. The van der Waals surface area contributed by atoms with Crippen molar-refractivity contribution in [3.8, 4) is 0 Å². The molecule has 118 valence electrons. The minimum Gasteiger partial charge on any atom is -0.345 e. The number of nitrogens with zero attached hydrogens (tertiary/aromatic N) is 6. The van der Waals surface area contributed by atoms with Crippen LogP contribution in [0.1, 0.15) is 0 Å². The number of aromatic nitrogens is 4. The molecule has 8 nitrogen and oxygen atoms in total. The Bertz CT molecular complexity index is 808. The van der Waals surface area contributed by atoms with Crippen molar-refractivity contribution in [2.75, 3.05) is 36.4 Å². The normalized spacial score (nSPS) is 15.1. The summed E-state index contributed by atoms with van der Waals surface area (Å²) in [5.41, 5.74) is 0.705. The average Bonchev–Trinajstić information content (AvgIpc) is 3.25. The summed E-state index contributed by atoms with van der Waals surface area (Å²) in [5, 5.41) is 13.8. The summed E-state index contributed by atoms with van der Waals surface area (Å²) in [6.45, 7) is 2.87. The molecule has 0 saturated carbocycles. The molecule has 1 aliphatic heterocycles. The lowest BCUT2D eigenvalue weighted by atomic mass is 10.3. The van der Waals surface area contributed by atoms with Gasteiger partial charge in [0.25, 0.3) is 0 Å². The van der Waals surface area contributed by atoms with Crippen LogP contribution >= 0.6 is 11.3 Å². The molecule has 0 aromatic carbocycles. The van der Waals surface area contributed by atoms with Crippen LogP contribution in [-0.2, 0) is 0 Å². The maximum absolute atomic E-state index is 12.4. The zero-order valence-electron chi connectivity index (χ0n) is 12.3. The highest BCUT2D eigenvalue weighted by molar-refractivity contribution is 7.13. The first kappa shape index (κ1) is 13.9. The van der Waals surface area contributed by atoms with Crippen LogP contribution < -0.4 is 10.2 Å². The van der Waals surface area contributed by atoms with Gasteiger partial charge >= 0.3 is 6.03 Å². The summed E-state index contributed by atoms with van der Waals surface area (Å²) in [6.07, 6.45) is 3.63. The summed E-state index contributed by atoms with van der Waals surface area (Å²) < 4.78 is 1.75. The second-order valence-corrected chi connectivity index (χ2v) is 6.04. The van der Waals surface area contributed by atoms with Gasteiger partial charge in [0, 0.05) is 44.0 Å². The van der Waals surface area contributed by atoms with E-state index in [-0.39, 0.29) is 6.03 Å². The smallest absolute Gasteiger partial charge is 0.324 e. The number of thiazole rings is 1. The van der Waals surface area contributed by atoms with Gasteiger partial charge in [0.2, 0.25) is 5.95 Å². The Balaban J connectivity index is 1.40. The number of pyridine rings is 1. The highest BCUT2D eigenvalue weighted by Crippen LogP contribution is 2.19. The van der Waals surface area contributed by atoms with Crippen LogP contribution in [0.2, 0.25) is 0 Å². The van der Waals surface area contributed by atoms with Crippen LogP contribution in [0, 0.1) is 0 Å². The summed E-state index contributed by atoms with van der Waals surface area (Å²) >= 11 is 1.62. The second kappa shape index (κ2) is 5.84. The molecule has 1 aliphatic rings. The fourth-order valence-electron chi connectivity index (χ4n) is 2.57. The minimum absolute atomic E-state index is 0.151. The first-order valence-electron chi connectivity index (χ1n) is 7.31. The summed E-state index contributed by atoms with van der Waals surface area (Å²) in [6, 6.07) is 5.45. The number of piperazine rings is 1. The van der Waals surface area contributed by atoms with Crippen LogP contribution in [0.15, 0.2) is 36.0 Å². The maximum atomic E-state index is 12.4. The molecule has 1 saturated heterocycles. The standard InChI is InChI=1S/C14H15N7OS/c22-13(16-12-18-17-11-3-1-2-5-21(11)12)19-6-8-20(9-7-19)14-15-4-10-23-14/h1-5,10H,6-9H2,(H,16,18,22). The van der Waals surface area contributed by atoms with Gasteiger partial charge < -0.3 is 9.80 Å². The molecule has 9 heteroatoms. The number of carbonyl (C=O) groups is 1. The van der Waals surface area contributed by atoms with Crippen molar-refractivity contribution in [3.05, 3.63) is 36.0 Å². The topological polar surface area (TPSA) is 78.7 Å². The lowest BCUT2D eigenvalue weighted by molar-refractivity contribution is 0.208. The molecule has 0 unspecified atom stereocenters. The summed E-state index contributed by atoms with van der Waals surface area (Å²) in [5.74, 6) is 0.438. The Hall–Kier alpha value is -2.68. The zero-order valence-corrected chi connectivity index (χ0v) is 13.1. The van der Waals surface area contributed by atoms with Gasteiger partial charge in [-0.05, 0) is 12.1 Å². The Morgan fingerprint density at radius 2 is 2.04 bits per heavy atom. The maximum Gasteiger partial charge on any atom is 0.324 e. The Morgan fingerprint density at radius 3 is 2.83 bits per heavy atom. The molecule has 0 spiro atoms. The zero-order chi connectivity index (χ0) is 15.6. The Kier molecular flexibility index (Phi) is 3.54. The van der Waals surface area contributed by atoms with Gasteiger partial charge in [-0.3, -0.25) is 9.72 Å². The third kappa shape index (κ3) is 2.70. The minimum atomic E-state index is -0.151. The van der Waals surface area contributed by atoms with E-state index in [1.807, 2.05) is 29.8 Å². The van der Waals surface area contributed by atoms with Crippen LogP contribution in [0.25, 0.3) is 5.65 Å². The molecule has 23 heavy (non-hydrogen) atoms.